The Balaban J connectivity index is 4.43. The predicted octanol–water partition coefficient (Wildman–Crippen LogP) is 14.5. The maximum atomic E-state index is 13.1. The van der Waals surface area contributed by atoms with Gasteiger partial charge in [-0.2, -0.15) is 0 Å². The molecule has 1 unspecified atom stereocenters. The first-order valence-electron chi connectivity index (χ1n) is 22.6. The third-order valence-electron chi connectivity index (χ3n) is 9.47. The van der Waals surface area contributed by atoms with Crippen LogP contribution in [0.4, 0.5) is 0 Å². The van der Waals surface area contributed by atoms with Crippen molar-refractivity contribution in [3.05, 3.63) is 24.3 Å². The van der Waals surface area contributed by atoms with E-state index >= 15 is 0 Å². The van der Waals surface area contributed by atoms with Gasteiger partial charge in [0.15, 0.2) is 6.10 Å². The van der Waals surface area contributed by atoms with Crippen LogP contribution < -0.4 is 0 Å². The largest absolute Gasteiger partial charge is 0.474 e. The second kappa shape index (κ2) is 41.2. The number of phosphoric ester groups is 1. The molecule has 54 heavy (non-hydrogen) atoms. The maximum absolute atomic E-state index is 13.1. The molecule has 0 heterocycles. The molecule has 318 valence electrons. The van der Waals surface area contributed by atoms with E-state index in [0.29, 0.717) is 12.8 Å². The third kappa shape index (κ3) is 37.5. The lowest BCUT2D eigenvalue weighted by Crippen LogP contribution is -2.29. The highest BCUT2D eigenvalue weighted by atomic mass is 31.2. The Kier molecular flexibility index (Phi) is 40.1. The summed E-state index contributed by atoms with van der Waals surface area (Å²) in [5.74, 6) is -0.717. The van der Waals surface area contributed by atoms with Gasteiger partial charge in [-0.1, -0.05) is 154 Å². The van der Waals surface area contributed by atoms with Gasteiger partial charge in [-0.15, -0.1) is 0 Å². The van der Waals surface area contributed by atoms with E-state index in [2.05, 4.69) is 38.2 Å². The molecule has 0 saturated carbocycles. The zero-order chi connectivity index (χ0) is 39.6. The first kappa shape index (κ1) is 52.5. The van der Waals surface area contributed by atoms with E-state index in [1.54, 1.807) is 6.92 Å². The van der Waals surface area contributed by atoms with E-state index in [9.17, 15) is 14.2 Å². The number of hydrogen-bond acceptors (Lipinski definition) is 8. The van der Waals surface area contributed by atoms with Gasteiger partial charge in [0.1, 0.15) is 6.61 Å². The summed E-state index contributed by atoms with van der Waals surface area (Å²) in [7, 11) is -3.83. The number of carbonyl (C=O) groups excluding carboxylic acids is 2. The first-order valence-corrected chi connectivity index (χ1v) is 24.0. The molecule has 0 N–H and O–H groups in total. The molecule has 0 radical (unpaired) electrons. The molecule has 0 saturated heterocycles. The monoisotopic (exact) mass is 785 g/mol. The number of carbonyl (C=O) groups is 2. The number of ether oxygens (including phenoxy) is 2. The van der Waals surface area contributed by atoms with Crippen LogP contribution in [0.15, 0.2) is 24.3 Å². The van der Waals surface area contributed by atoms with E-state index in [1.807, 2.05) is 6.92 Å². The van der Waals surface area contributed by atoms with E-state index in [4.69, 9.17) is 23.0 Å². The number of rotatable bonds is 42. The number of esters is 2. The number of phosphoric acid groups is 1. The average Bonchev–Trinajstić information content (AvgIpc) is 3.16. The SMILES string of the molecule is CCCCCCCC/C=C\CCCCCCCC(=O)OC[C@@H](COP(=O)(OCC)OCCCC)OC(=O)CCCCCCC/C=C\CCCCCCCC. The standard InChI is InChI=1S/C45H85O8P/c1-5-9-12-14-16-18-20-22-24-26-28-30-32-34-36-38-44(46)49-41-43(42-52-54(48,50-8-4)51-40-11-7-3)53-45(47)39-37-35-33-31-29-27-25-23-21-19-17-15-13-10-6-2/h22-25,43H,5-21,26-42H2,1-4H3/b24-22-,25-23-/t43-,54?/m0/s1. The van der Waals surface area contributed by atoms with Crippen LogP contribution in [-0.4, -0.2) is 44.5 Å². The summed E-state index contributed by atoms with van der Waals surface area (Å²) < 4.78 is 40.6. The zero-order valence-corrected chi connectivity index (χ0v) is 36.5. The highest BCUT2D eigenvalue weighted by molar-refractivity contribution is 7.48. The Bertz CT molecular complexity index is 937. The van der Waals surface area contributed by atoms with Gasteiger partial charge in [0.25, 0.3) is 0 Å². The molecular formula is C45H85O8P. The second-order valence-corrected chi connectivity index (χ2v) is 16.5. The molecule has 0 bridgehead atoms. The summed E-state index contributed by atoms with van der Waals surface area (Å²) in [6.07, 6.45) is 41.4. The van der Waals surface area contributed by atoms with E-state index in [-0.39, 0.29) is 44.8 Å². The molecule has 2 atom stereocenters. The minimum absolute atomic E-state index is 0.147. The lowest BCUT2D eigenvalue weighted by molar-refractivity contribution is -0.161. The summed E-state index contributed by atoms with van der Waals surface area (Å²) >= 11 is 0. The second-order valence-electron chi connectivity index (χ2n) is 14.8. The maximum Gasteiger partial charge on any atom is 0.474 e. The van der Waals surface area contributed by atoms with Gasteiger partial charge in [-0.05, 0) is 77.6 Å². The van der Waals surface area contributed by atoms with Crippen LogP contribution in [0.1, 0.15) is 220 Å². The molecule has 8 nitrogen and oxygen atoms in total. The fourth-order valence-electron chi connectivity index (χ4n) is 6.06. The van der Waals surface area contributed by atoms with Gasteiger partial charge in [-0.3, -0.25) is 23.2 Å². The van der Waals surface area contributed by atoms with Gasteiger partial charge in [-0.25, -0.2) is 4.57 Å². The molecule has 0 rings (SSSR count). The molecule has 0 aliphatic heterocycles. The van der Waals surface area contributed by atoms with E-state index < -0.39 is 13.9 Å². The van der Waals surface area contributed by atoms with Crippen molar-refractivity contribution in [2.45, 2.75) is 226 Å². The number of unbranched alkanes of at least 4 members (excludes halogenated alkanes) is 23. The smallest absolute Gasteiger partial charge is 0.462 e. The molecule has 9 heteroatoms. The van der Waals surface area contributed by atoms with Crippen molar-refractivity contribution in [3.8, 4) is 0 Å². The lowest BCUT2D eigenvalue weighted by Gasteiger charge is -2.22. The van der Waals surface area contributed by atoms with Crippen molar-refractivity contribution in [1.82, 2.24) is 0 Å². The summed E-state index contributed by atoms with van der Waals surface area (Å²) in [6.45, 7) is 8.20. The normalized spacial score (nSPS) is 13.5. The Hall–Kier alpha value is -1.47. The molecule has 0 amide bonds. The van der Waals surface area contributed by atoms with Crippen LogP contribution in [-0.2, 0) is 37.2 Å². The summed E-state index contributed by atoms with van der Waals surface area (Å²) in [5, 5.41) is 0. The van der Waals surface area contributed by atoms with Crippen molar-refractivity contribution < 1.29 is 37.2 Å². The van der Waals surface area contributed by atoms with Crippen molar-refractivity contribution in [2.24, 2.45) is 0 Å². The van der Waals surface area contributed by atoms with Crippen molar-refractivity contribution in [3.63, 3.8) is 0 Å². The topological polar surface area (TPSA) is 97.4 Å². The highest BCUT2D eigenvalue weighted by Gasteiger charge is 2.29. The van der Waals surface area contributed by atoms with Crippen molar-refractivity contribution >= 4 is 19.8 Å². The van der Waals surface area contributed by atoms with Crippen molar-refractivity contribution in [1.29, 1.82) is 0 Å². The molecule has 0 aromatic rings. The quantitative estimate of drug-likeness (QED) is 0.0261. The van der Waals surface area contributed by atoms with Crippen LogP contribution in [0.25, 0.3) is 0 Å². The molecule has 0 aliphatic rings. The van der Waals surface area contributed by atoms with Gasteiger partial charge < -0.3 is 9.47 Å². The zero-order valence-electron chi connectivity index (χ0n) is 35.6. The molecular weight excluding hydrogens is 699 g/mol. The third-order valence-corrected chi connectivity index (χ3v) is 11.0. The van der Waals surface area contributed by atoms with E-state index in [0.717, 1.165) is 70.6 Å². The van der Waals surface area contributed by atoms with Gasteiger partial charge >= 0.3 is 19.8 Å². The van der Waals surface area contributed by atoms with Crippen LogP contribution in [0.2, 0.25) is 0 Å². The summed E-state index contributed by atoms with van der Waals surface area (Å²) in [5.41, 5.74) is 0. The average molecular weight is 785 g/mol. The highest BCUT2D eigenvalue weighted by Crippen LogP contribution is 2.49. The Morgan fingerprint density at radius 1 is 0.463 bits per heavy atom. The predicted molar refractivity (Wildman–Crippen MR) is 226 cm³/mol. The molecule has 0 fully saturated rings. The minimum Gasteiger partial charge on any atom is -0.462 e. The van der Waals surface area contributed by atoms with Gasteiger partial charge in [0.2, 0.25) is 0 Å². The fourth-order valence-corrected chi connectivity index (χ4v) is 7.31. The summed E-state index contributed by atoms with van der Waals surface area (Å²) in [4.78, 5) is 25.3. The lowest BCUT2D eigenvalue weighted by atomic mass is 10.1. The first-order chi connectivity index (χ1) is 26.4. The van der Waals surface area contributed by atoms with E-state index in [1.165, 1.54) is 103 Å². The van der Waals surface area contributed by atoms with Crippen LogP contribution in [0, 0.1) is 0 Å². The Morgan fingerprint density at radius 3 is 1.31 bits per heavy atom. The molecule has 0 aromatic heterocycles. The molecule has 0 spiro atoms. The Labute approximate surface area is 333 Å². The Morgan fingerprint density at radius 2 is 0.870 bits per heavy atom. The summed E-state index contributed by atoms with van der Waals surface area (Å²) in [6, 6.07) is 0. The van der Waals surface area contributed by atoms with Crippen LogP contribution in [0.5, 0.6) is 0 Å². The van der Waals surface area contributed by atoms with Crippen LogP contribution in [0.3, 0.4) is 0 Å². The minimum atomic E-state index is -3.83. The molecule has 0 aliphatic carbocycles. The van der Waals surface area contributed by atoms with Crippen LogP contribution >= 0.6 is 7.82 Å². The number of allylic oxidation sites excluding steroid dienone is 4. The number of hydrogen-bond donors (Lipinski definition) is 0. The van der Waals surface area contributed by atoms with Gasteiger partial charge in [0, 0.05) is 12.8 Å². The molecule has 0 aromatic carbocycles. The fraction of sp³-hybridized carbons (Fsp3) is 0.867. The van der Waals surface area contributed by atoms with Crippen molar-refractivity contribution in [2.75, 3.05) is 26.4 Å². The van der Waals surface area contributed by atoms with Gasteiger partial charge in [0.05, 0.1) is 19.8 Å².